The van der Waals surface area contributed by atoms with Crippen LogP contribution in [0, 0.1) is 0 Å². The van der Waals surface area contributed by atoms with Crippen molar-refractivity contribution in [1.82, 2.24) is 0 Å². The third-order valence-corrected chi connectivity index (χ3v) is 2.92. The molecule has 0 saturated heterocycles. The summed E-state index contributed by atoms with van der Waals surface area (Å²) in [5.41, 5.74) is 0.706. The molecule has 1 aromatic rings. The second kappa shape index (κ2) is 8.19. The fourth-order valence-corrected chi connectivity index (χ4v) is 1.82. The highest BCUT2D eigenvalue weighted by Gasteiger charge is 2.12. The monoisotopic (exact) mass is 303 g/mol. The molecule has 0 aromatic heterocycles. The van der Waals surface area contributed by atoms with Gasteiger partial charge < -0.3 is 24.6 Å². The van der Waals surface area contributed by atoms with E-state index >= 15 is 0 Å². The van der Waals surface area contributed by atoms with Gasteiger partial charge in [-0.2, -0.15) is 0 Å². The molecule has 1 atom stereocenters. The average molecular weight is 304 g/mol. The number of nitrogens with one attached hydrogen (secondary N) is 1. The van der Waals surface area contributed by atoms with E-state index in [1.807, 2.05) is 13.8 Å². The van der Waals surface area contributed by atoms with Crippen molar-refractivity contribution >= 4 is 17.3 Å². The number of hydrogen-bond donors (Lipinski definition) is 2. The van der Waals surface area contributed by atoms with Crippen molar-refractivity contribution in [3.8, 4) is 11.5 Å². The van der Waals surface area contributed by atoms with Gasteiger partial charge in [-0.25, -0.2) is 0 Å². The summed E-state index contributed by atoms with van der Waals surface area (Å²) in [7, 11) is 3.10. The van der Waals surface area contributed by atoms with Crippen molar-refractivity contribution in [2.75, 3.05) is 32.7 Å². The van der Waals surface area contributed by atoms with Crippen molar-refractivity contribution in [2.45, 2.75) is 26.1 Å². The number of aliphatic hydroxyl groups excluding tert-OH is 1. The molecule has 0 radical (unpaired) electrons. The first-order valence-corrected chi connectivity index (χ1v) is 6.80. The van der Waals surface area contributed by atoms with Crippen LogP contribution in [0.15, 0.2) is 12.1 Å². The molecule has 0 amide bonds. The van der Waals surface area contributed by atoms with E-state index in [1.165, 1.54) is 0 Å². The first kappa shape index (κ1) is 16.9. The molecule has 0 aliphatic rings. The summed E-state index contributed by atoms with van der Waals surface area (Å²) in [6.45, 7) is 4.46. The van der Waals surface area contributed by atoms with Crippen LogP contribution in [-0.4, -0.2) is 44.7 Å². The van der Waals surface area contributed by atoms with Gasteiger partial charge in [0.15, 0.2) is 0 Å². The predicted molar refractivity (Wildman–Crippen MR) is 80.1 cm³/mol. The Morgan fingerprint density at radius 2 is 1.85 bits per heavy atom. The lowest BCUT2D eigenvalue weighted by atomic mass is 10.2. The number of aliphatic hydroxyl groups is 1. The van der Waals surface area contributed by atoms with Gasteiger partial charge in [-0.3, -0.25) is 0 Å². The van der Waals surface area contributed by atoms with Gasteiger partial charge in [0.25, 0.3) is 0 Å². The summed E-state index contributed by atoms with van der Waals surface area (Å²) < 4.78 is 15.7. The Kier molecular flexibility index (Phi) is 6.91. The lowest BCUT2D eigenvalue weighted by molar-refractivity contribution is 0.0112. The van der Waals surface area contributed by atoms with Crippen LogP contribution < -0.4 is 14.8 Å². The number of halogens is 1. The molecule has 6 heteroatoms. The van der Waals surface area contributed by atoms with E-state index in [9.17, 15) is 5.11 Å². The molecule has 0 heterocycles. The standard InChI is InChI=1S/C14H22ClNO4/c1-9(2)20-8-10(17)7-16-12-6-13(18-3)11(15)5-14(12)19-4/h5-6,9-10,16-17H,7-8H2,1-4H3. The summed E-state index contributed by atoms with van der Waals surface area (Å²) >= 11 is 6.03. The second-order valence-corrected chi connectivity index (χ2v) is 5.01. The fourth-order valence-electron chi connectivity index (χ4n) is 1.59. The van der Waals surface area contributed by atoms with Gasteiger partial charge in [0.2, 0.25) is 0 Å². The molecule has 0 spiro atoms. The largest absolute Gasteiger partial charge is 0.495 e. The van der Waals surface area contributed by atoms with Gasteiger partial charge >= 0.3 is 0 Å². The van der Waals surface area contributed by atoms with E-state index < -0.39 is 6.10 Å². The molecular weight excluding hydrogens is 282 g/mol. The van der Waals surface area contributed by atoms with Crippen LogP contribution in [0.5, 0.6) is 11.5 Å². The molecule has 1 rings (SSSR count). The van der Waals surface area contributed by atoms with Gasteiger partial charge in [0.1, 0.15) is 11.5 Å². The van der Waals surface area contributed by atoms with Crippen LogP contribution in [0.1, 0.15) is 13.8 Å². The summed E-state index contributed by atoms with van der Waals surface area (Å²) in [5.74, 6) is 1.13. The van der Waals surface area contributed by atoms with Crippen molar-refractivity contribution in [3.63, 3.8) is 0 Å². The summed E-state index contributed by atoms with van der Waals surface area (Å²) in [6.07, 6.45) is -0.515. The van der Waals surface area contributed by atoms with Gasteiger partial charge in [-0.05, 0) is 13.8 Å². The van der Waals surface area contributed by atoms with Gasteiger partial charge in [-0.1, -0.05) is 11.6 Å². The number of rotatable bonds is 8. The topological polar surface area (TPSA) is 60.0 Å². The molecule has 20 heavy (non-hydrogen) atoms. The first-order chi connectivity index (χ1) is 9.47. The number of benzene rings is 1. The Bertz CT molecular complexity index is 426. The Hall–Kier alpha value is -1.17. The normalized spacial score (nSPS) is 12.3. The molecule has 2 N–H and O–H groups in total. The Labute approximate surface area is 124 Å². The maximum Gasteiger partial charge on any atom is 0.143 e. The highest BCUT2D eigenvalue weighted by atomic mass is 35.5. The lowest BCUT2D eigenvalue weighted by Crippen LogP contribution is -2.26. The van der Waals surface area contributed by atoms with Gasteiger partial charge in [0.05, 0.1) is 43.7 Å². The third-order valence-electron chi connectivity index (χ3n) is 2.62. The molecular formula is C14H22ClNO4. The summed E-state index contributed by atoms with van der Waals surface area (Å²) in [4.78, 5) is 0. The molecule has 1 aromatic carbocycles. The van der Waals surface area contributed by atoms with Crippen LogP contribution in [0.25, 0.3) is 0 Å². The maximum absolute atomic E-state index is 9.82. The Morgan fingerprint density at radius 3 is 2.40 bits per heavy atom. The van der Waals surface area contributed by atoms with E-state index in [1.54, 1.807) is 26.4 Å². The zero-order chi connectivity index (χ0) is 15.1. The van der Waals surface area contributed by atoms with E-state index in [4.69, 9.17) is 25.8 Å². The zero-order valence-corrected chi connectivity index (χ0v) is 13.0. The minimum Gasteiger partial charge on any atom is -0.495 e. The van der Waals surface area contributed by atoms with E-state index in [2.05, 4.69) is 5.32 Å². The quantitative estimate of drug-likeness (QED) is 0.773. The molecule has 114 valence electrons. The van der Waals surface area contributed by atoms with Crippen LogP contribution in [0.2, 0.25) is 5.02 Å². The zero-order valence-electron chi connectivity index (χ0n) is 12.3. The van der Waals surface area contributed by atoms with Crippen molar-refractivity contribution in [2.24, 2.45) is 0 Å². The molecule has 0 saturated carbocycles. The summed E-state index contributed by atoms with van der Waals surface area (Å²) in [5, 5.41) is 13.4. The molecule has 0 aliphatic carbocycles. The highest BCUT2D eigenvalue weighted by Crippen LogP contribution is 2.35. The summed E-state index contributed by atoms with van der Waals surface area (Å²) in [6, 6.07) is 3.40. The Balaban J connectivity index is 2.66. The molecule has 0 bridgehead atoms. The lowest BCUT2D eigenvalue weighted by Gasteiger charge is -2.17. The van der Waals surface area contributed by atoms with Crippen molar-refractivity contribution < 1.29 is 19.3 Å². The maximum atomic E-state index is 9.82. The van der Waals surface area contributed by atoms with E-state index in [0.29, 0.717) is 28.8 Å². The highest BCUT2D eigenvalue weighted by molar-refractivity contribution is 6.32. The number of anilines is 1. The first-order valence-electron chi connectivity index (χ1n) is 6.43. The number of methoxy groups -OCH3 is 2. The van der Waals surface area contributed by atoms with Crippen molar-refractivity contribution in [1.29, 1.82) is 0 Å². The van der Waals surface area contributed by atoms with Crippen LogP contribution in [0.4, 0.5) is 5.69 Å². The van der Waals surface area contributed by atoms with Gasteiger partial charge in [0, 0.05) is 18.7 Å². The predicted octanol–water partition coefficient (Wildman–Crippen LogP) is 2.56. The minimum absolute atomic E-state index is 0.0924. The Morgan fingerprint density at radius 1 is 1.20 bits per heavy atom. The molecule has 5 nitrogen and oxygen atoms in total. The molecule has 1 unspecified atom stereocenters. The molecule has 0 aliphatic heterocycles. The third kappa shape index (κ3) is 5.07. The SMILES string of the molecule is COc1cc(NCC(O)COC(C)C)c(OC)cc1Cl. The van der Waals surface area contributed by atoms with Gasteiger partial charge in [-0.15, -0.1) is 0 Å². The second-order valence-electron chi connectivity index (χ2n) is 4.60. The van der Waals surface area contributed by atoms with Crippen LogP contribution >= 0.6 is 11.6 Å². The van der Waals surface area contributed by atoms with Crippen LogP contribution in [0.3, 0.4) is 0 Å². The smallest absolute Gasteiger partial charge is 0.143 e. The van der Waals surface area contributed by atoms with E-state index in [0.717, 1.165) is 0 Å². The number of ether oxygens (including phenoxy) is 3. The molecule has 0 fully saturated rings. The fraction of sp³-hybridized carbons (Fsp3) is 0.571. The van der Waals surface area contributed by atoms with Crippen molar-refractivity contribution in [3.05, 3.63) is 17.2 Å². The minimum atomic E-state index is -0.608. The van der Waals surface area contributed by atoms with E-state index in [-0.39, 0.29) is 12.7 Å². The number of hydrogen-bond acceptors (Lipinski definition) is 5. The average Bonchev–Trinajstić information content (AvgIpc) is 2.43. The van der Waals surface area contributed by atoms with Crippen LogP contribution in [-0.2, 0) is 4.74 Å².